The predicted octanol–water partition coefficient (Wildman–Crippen LogP) is 2.58. The van der Waals surface area contributed by atoms with Crippen molar-refractivity contribution in [3.8, 4) is 5.75 Å². The first-order valence-electron chi connectivity index (χ1n) is 9.45. The minimum atomic E-state index is -0.472. The molecule has 4 rings (SSSR count). The standard InChI is InChI=1S/C22H18FN3O3S/c1-2-10-29-17-8-6-14(7-9-17)12-18-20(27)24-22-26(25-18)21(28)19(30-22)13-15-4-3-5-16(23)11-15/h3-9,11,13H,2,10,12H2,1H3/b19-13+. The SMILES string of the molecule is CCCOc1ccc(Cc2nn3c(=O)/c(=C\c4cccc(F)c4)sc3nc2=O)cc1. The topological polar surface area (TPSA) is 73.6 Å². The van der Waals surface area contributed by atoms with Crippen LogP contribution in [0.5, 0.6) is 5.75 Å². The van der Waals surface area contributed by atoms with Crippen molar-refractivity contribution in [1.29, 1.82) is 0 Å². The van der Waals surface area contributed by atoms with Crippen LogP contribution in [0.4, 0.5) is 4.39 Å². The molecule has 2 aromatic carbocycles. The summed E-state index contributed by atoms with van der Waals surface area (Å²) in [5.41, 5.74) is 0.727. The van der Waals surface area contributed by atoms with E-state index in [0.29, 0.717) is 16.7 Å². The monoisotopic (exact) mass is 423 g/mol. The molecule has 30 heavy (non-hydrogen) atoms. The van der Waals surface area contributed by atoms with E-state index in [1.165, 1.54) is 12.1 Å². The van der Waals surface area contributed by atoms with Crippen LogP contribution in [-0.2, 0) is 6.42 Å². The summed E-state index contributed by atoms with van der Waals surface area (Å²) in [4.78, 5) is 29.3. The van der Waals surface area contributed by atoms with Gasteiger partial charge in [0.1, 0.15) is 17.3 Å². The molecule has 0 fully saturated rings. The lowest BCUT2D eigenvalue weighted by Crippen LogP contribution is -2.28. The lowest BCUT2D eigenvalue weighted by Gasteiger charge is -2.05. The molecule has 0 aliphatic heterocycles. The Balaban J connectivity index is 1.67. The zero-order valence-electron chi connectivity index (χ0n) is 16.2. The summed E-state index contributed by atoms with van der Waals surface area (Å²) < 4.78 is 20.4. The molecule has 2 aromatic heterocycles. The smallest absolute Gasteiger partial charge is 0.296 e. The molecule has 152 valence electrons. The van der Waals surface area contributed by atoms with Gasteiger partial charge >= 0.3 is 0 Å². The fraction of sp³-hybridized carbons (Fsp3) is 0.182. The van der Waals surface area contributed by atoms with Crippen molar-refractivity contribution >= 4 is 22.4 Å². The van der Waals surface area contributed by atoms with E-state index in [-0.39, 0.29) is 17.1 Å². The van der Waals surface area contributed by atoms with Gasteiger partial charge in [-0.25, -0.2) is 4.39 Å². The summed E-state index contributed by atoms with van der Waals surface area (Å²) in [6.07, 6.45) is 2.73. The molecule has 0 unspecified atom stereocenters. The Hall–Kier alpha value is -3.39. The lowest BCUT2D eigenvalue weighted by atomic mass is 10.1. The molecule has 2 heterocycles. The van der Waals surface area contributed by atoms with E-state index in [2.05, 4.69) is 10.1 Å². The van der Waals surface area contributed by atoms with E-state index < -0.39 is 16.9 Å². The normalized spacial score (nSPS) is 11.9. The van der Waals surface area contributed by atoms with Crippen molar-refractivity contribution in [2.45, 2.75) is 19.8 Å². The Kier molecular flexibility index (Phi) is 5.67. The number of benzene rings is 2. The van der Waals surface area contributed by atoms with E-state index in [1.807, 2.05) is 31.2 Å². The lowest BCUT2D eigenvalue weighted by molar-refractivity contribution is 0.317. The summed E-state index contributed by atoms with van der Waals surface area (Å²) >= 11 is 1.05. The molecular weight excluding hydrogens is 405 g/mol. The highest BCUT2D eigenvalue weighted by molar-refractivity contribution is 7.15. The molecule has 0 bridgehead atoms. The van der Waals surface area contributed by atoms with Crippen molar-refractivity contribution in [2.75, 3.05) is 6.61 Å². The Morgan fingerprint density at radius 1 is 1.17 bits per heavy atom. The van der Waals surface area contributed by atoms with E-state index in [9.17, 15) is 14.0 Å². The van der Waals surface area contributed by atoms with Crippen LogP contribution in [0.15, 0.2) is 58.1 Å². The van der Waals surface area contributed by atoms with Gasteiger partial charge in [0.25, 0.3) is 11.1 Å². The third kappa shape index (κ3) is 4.28. The van der Waals surface area contributed by atoms with Gasteiger partial charge in [-0.2, -0.15) is 14.6 Å². The van der Waals surface area contributed by atoms with Crippen LogP contribution in [0, 0.1) is 5.82 Å². The van der Waals surface area contributed by atoms with E-state index in [1.54, 1.807) is 18.2 Å². The molecular formula is C22H18FN3O3S. The van der Waals surface area contributed by atoms with Crippen molar-refractivity contribution < 1.29 is 9.13 Å². The minimum absolute atomic E-state index is 0.182. The fourth-order valence-electron chi connectivity index (χ4n) is 2.92. The number of rotatable bonds is 6. The van der Waals surface area contributed by atoms with Gasteiger partial charge in [-0.15, -0.1) is 0 Å². The summed E-state index contributed by atoms with van der Waals surface area (Å²) in [6.45, 7) is 2.68. The molecule has 0 aliphatic rings. The van der Waals surface area contributed by atoms with Crippen LogP contribution in [0.1, 0.15) is 30.2 Å². The van der Waals surface area contributed by atoms with Gasteiger partial charge in [-0.05, 0) is 47.9 Å². The van der Waals surface area contributed by atoms with Gasteiger partial charge in [0, 0.05) is 6.42 Å². The van der Waals surface area contributed by atoms with E-state index >= 15 is 0 Å². The molecule has 0 saturated heterocycles. The maximum atomic E-state index is 13.4. The third-order valence-electron chi connectivity index (χ3n) is 4.36. The predicted molar refractivity (Wildman–Crippen MR) is 114 cm³/mol. The Bertz CT molecular complexity index is 1360. The van der Waals surface area contributed by atoms with Gasteiger partial charge in [0.05, 0.1) is 11.1 Å². The number of ether oxygens (including phenoxy) is 1. The molecule has 0 aliphatic carbocycles. The zero-order chi connectivity index (χ0) is 21.1. The van der Waals surface area contributed by atoms with Gasteiger partial charge < -0.3 is 4.74 Å². The average Bonchev–Trinajstić information content (AvgIpc) is 3.02. The number of halogens is 1. The highest BCUT2D eigenvalue weighted by Crippen LogP contribution is 2.14. The van der Waals surface area contributed by atoms with Crippen molar-refractivity contribution in [3.05, 3.63) is 96.4 Å². The maximum absolute atomic E-state index is 13.4. The number of nitrogens with zero attached hydrogens (tertiary/aromatic N) is 3. The summed E-state index contributed by atoms with van der Waals surface area (Å²) in [5.74, 6) is 0.368. The molecule has 0 atom stereocenters. The van der Waals surface area contributed by atoms with E-state index in [4.69, 9.17) is 4.74 Å². The summed E-state index contributed by atoms with van der Waals surface area (Å²) in [5, 5.41) is 4.24. The number of aromatic nitrogens is 3. The highest BCUT2D eigenvalue weighted by atomic mass is 32.1. The van der Waals surface area contributed by atoms with Gasteiger partial charge in [-0.1, -0.05) is 42.5 Å². The first-order valence-corrected chi connectivity index (χ1v) is 10.3. The summed E-state index contributed by atoms with van der Waals surface area (Å²) in [7, 11) is 0. The van der Waals surface area contributed by atoms with Crippen LogP contribution in [0.2, 0.25) is 0 Å². The molecule has 0 saturated carbocycles. The highest BCUT2D eigenvalue weighted by Gasteiger charge is 2.12. The molecule has 0 amide bonds. The Morgan fingerprint density at radius 3 is 2.70 bits per heavy atom. The quantitative estimate of drug-likeness (QED) is 0.477. The molecule has 0 spiro atoms. The third-order valence-corrected chi connectivity index (χ3v) is 5.32. The maximum Gasteiger partial charge on any atom is 0.296 e. The molecule has 4 aromatic rings. The minimum Gasteiger partial charge on any atom is -0.494 e. The first-order chi connectivity index (χ1) is 14.5. The van der Waals surface area contributed by atoms with Crippen molar-refractivity contribution in [3.63, 3.8) is 0 Å². The number of fused-ring (bicyclic) bond motifs is 1. The van der Waals surface area contributed by atoms with Gasteiger partial charge in [0.2, 0.25) is 4.96 Å². The van der Waals surface area contributed by atoms with Crippen LogP contribution in [0.25, 0.3) is 11.0 Å². The van der Waals surface area contributed by atoms with Gasteiger partial charge in [0.15, 0.2) is 0 Å². The van der Waals surface area contributed by atoms with Gasteiger partial charge in [-0.3, -0.25) is 9.59 Å². The molecule has 6 nitrogen and oxygen atoms in total. The Labute approximate surface area is 174 Å². The molecule has 0 N–H and O–H groups in total. The molecule has 0 radical (unpaired) electrons. The van der Waals surface area contributed by atoms with Crippen molar-refractivity contribution in [2.24, 2.45) is 0 Å². The molecule has 8 heteroatoms. The zero-order valence-corrected chi connectivity index (χ0v) is 17.0. The average molecular weight is 423 g/mol. The van der Waals surface area contributed by atoms with Crippen LogP contribution < -0.4 is 20.4 Å². The number of thiazole rings is 1. The second-order valence-corrected chi connectivity index (χ2v) is 7.71. The van der Waals surface area contributed by atoms with E-state index in [0.717, 1.165) is 33.6 Å². The van der Waals surface area contributed by atoms with Crippen molar-refractivity contribution in [1.82, 2.24) is 14.6 Å². The van der Waals surface area contributed by atoms with Crippen LogP contribution in [0.3, 0.4) is 0 Å². The van der Waals surface area contributed by atoms with Crippen LogP contribution >= 0.6 is 11.3 Å². The second-order valence-electron chi connectivity index (χ2n) is 6.70. The first kappa shape index (κ1) is 19.9. The number of hydrogen-bond donors (Lipinski definition) is 0. The fourth-order valence-corrected chi connectivity index (χ4v) is 3.82. The Morgan fingerprint density at radius 2 is 1.97 bits per heavy atom. The summed E-state index contributed by atoms with van der Waals surface area (Å²) in [6, 6.07) is 13.3. The number of hydrogen-bond acceptors (Lipinski definition) is 6. The second kappa shape index (κ2) is 8.54. The largest absolute Gasteiger partial charge is 0.494 e. The van der Waals surface area contributed by atoms with Crippen LogP contribution in [-0.4, -0.2) is 21.2 Å².